The second-order valence-corrected chi connectivity index (χ2v) is 4.96. The average molecular weight is 291 g/mol. The van der Waals surface area contributed by atoms with Crippen molar-refractivity contribution in [3.05, 3.63) is 52.5 Å². The molecular weight excluding hydrogens is 276 g/mol. The van der Waals surface area contributed by atoms with Gasteiger partial charge in [0.15, 0.2) is 0 Å². The van der Waals surface area contributed by atoms with E-state index in [0.717, 1.165) is 21.5 Å². The third-order valence-electron chi connectivity index (χ3n) is 2.72. The Labute approximate surface area is 110 Å². The highest BCUT2D eigenvalue weighted by molar-refractivity contribution is 9.10. The van der Waals surface area contributed by atoms with Gasteiger partial charge in [-0.25, -0.2) is 0 Å². The first-order valence-electron chi connectivity index (χ1n) is 5.43. The van der Waals surface area contributed by atoms with E-state index < -0.39 is 0 Å². The number of aryl methyl sites for hydroxylation is 1. The van der Waals surface area contributed by atoms with Gasteiger partial charge in [0.25, 0.3) is 0 Å². The molecule has 0 amide bonds. The van der Waals surface area contributed by atoms with Crippen molar-refractivity contribution in [1.29, 1.82) is 0 Å². The maximum absolute atomic E-state index is 5.80. The molecule has 2 N–H and O–H groups in total. The van der Waals surface area contributed by atoms with Crippen LogP contribution >= 0.6 is 15.9 Å². The summed E-state index contributed by atoms with van der Waals surface area (Å²) in [6.07, 6.45) is 0. The van der Waals surface area contributed by atoms with E-state index in [2.05, 4.69) is 46.0 Å². The zero-order valence-electron chi connectivity index (χ0n) is 9.94. The normalized spacial score (nSPS) is 10.3. The Morgan fingerprint density at radius 1 is 1.12 bits per heavy atom. The maximum atomic E-state index is 5.80. The summed E-state index contributed by atoms with van der Waals surface area (Å²) >= 11 is 3.59. The van der Waals surface area contributed by atoms with Crippen molar-refractivity contribution in [3.8, 4) is 0 Å². The Hall–Kier alpha value is -1.48. The molecule has 0 bridgehead atoms. The van der Waals surface area contributed by atoms with Crippen molar-refractivity contribution in [1.82, 2.24) is 0 Å². The van der Waals surface area contributed by atoms with Crippen LogP contribution < -0.4 is 10.6 Å². The summed E-state index contributed by atoms with van der Waals surface area (Å²) in [6.45, 7) is 2.08. The van der Waals surface area contributed by atoms with Crippen LogP contribution in [0.25, 0.3) is 0 Å². The maximum Gasteiger partial charge on any atom is 0.0552 e. The van der Waals surface area contributed by atoms with Crippen LogP contribution in [0, 0.1) is 6.92 Å². The van der Waals surface area contributed by atoms with Crippen LogP contribution in [0.15, 0.2) is 46.9 Å². The van der Waals surface area contributed by atoms with Crippen molar-refractivity contribution in [2.45, 2.75) is 6.92 Å². The minimum absolute atomic E-state index is 0.776. The summed E-state index contributed by atoms with van der Waals surface area (Å²) in [5.74, 6) is 0. The average Bonchev–Trinajstić information content (AvgIpc) is 2.28. The quantitative estimate of drug-likeness (QED) is 0.844. The van der Waals surface area contributed by atoms with E-state index in [9.17, 15) is 0 Å². The number of nitrogens with two attached hydrogens (primary N) is 1. The number of benzene rings is 2. The molecule has 2 aromatic carbocycles. The van der Waals surface area contributed by atoms with Crippen molar-refractivity contribution in [3.63, 3.8) is 0 Å². The van der Waals surface area contributed by atoms with Crippen LogP contribution in [0.2, 0.25) is 0 Å². The molecule has 0 unspecified atom stereocenters. The van der Waals surface area contributed by atoms with Gasteiger partial charge in [0, 0.05) is 22.9 Å². The van der Waals surface area contributed by atoms with Gasteiger partial charge in [-0.2, -0.15) is 0 Å². The molecular formula is C14H15BrN2. The predicted molar refractivity (Wildman–Crippen MR) is 77.8 cm³/mol. The van der Waals surface area contributed by atoms with Crippen LogP contribution in [-0.4, -0.2) is 7.05 Å². The fourth-order valence-electron chi connectivity index (χ4n) is 1.76. The number of nitrogen functional groups attached to an aromatic ring is 1. The van der Waals surface area contributed by atoms with E-state index in [4.69, 9.17) is 5.73 Å². The van der Waals surface area contributed by atoms with E-state index in [1.807, 2.05) is 31.3 Å². The lowest BCUT2D eigenvalue weighted by atomic mass is 10.2. The molecule has 0 saturated heterocycles. The van der Waals surface area contributed by atoms with E-state index in [1.54, 1.807) is 0 Å². The zero-order valence-corrected chi connectivity index (χ0v) is 11.5. The van der Waals surface area contributed by atoms with Gasteiger partial charge in [-0.15, -0.1) is 0 Å². The minimum Gasteiger partial charge on any atom is -0.399 e. The molecule has 0 spiro atoms. The summed E-state index contributed by atoms with van der Waals surface area (Å²) in [4.78, 5) is 2.11. The first-order valence-corrected chi connectivity index (χ1v) is 6.22. The largest absolute Gasteiger partial charge is 0.399 e. The second kappa shape index (κ2) is 4.80. The molecule has 0 aliphatic heterocycles. The van der Waals surface area contributed by atoms with E-state index >= 15 is 0 Å². The standard InChI is InChI=1S/C14H15BrN2/c1-10-6-7-14(13(15)8-10)17(2)12-5-3-4-11(16)9-12/h3-9H,16H2,1-2H3. The van der Waals surface area contributed by atoms with Crippen LogP contribution in [0.5, 0.6) is 0 Å². The number of anilines is 3. The van der Waals surface area contributed by atoms with Gasteiger partial charge >= 0.3 is 0 Å². The zero-order chi connectivity index (χ0) is 12.4. The van der Waals surface area contributed by atoms with Gasteiger partial charge in [0.05, 0.1) is 5.69 Å². The SMILES string of the molecule is Cc1ccc(N(C)c2cccc(N)c2)c(Br)c1. The number of halogens is 1. The lowest BCUT2D eigenvalue weighted by molar-refractivity contribution is 1.20. The molecule has 0 atom stereocenters. The monoisotopic (exact) mass is 290 g/mol. The molecule has 2 aromatic rings. The fraction of sp³-hybridized carbons (Fsp3) is 0.143. The van der Waals surface area contributed by atoms with Gasteiger partial charge in [-0.1, -0.05) is 12.1 Å². The van der Waals surface area contributed by atoms with E-state index in [1.165, 1.54) is 5.56 Å². The van der Waals surface area contributed by atoms with Crippen molar-refractivity contribution >= 4 is 33.0 Å². The smallest absolute Gasteiger partial charge is 0.0552 e. The van der Waals surface area contributed by atoms with Gasteiger partial charge in [-0.3, -0.25) is 0 Å². The van der Waals surface area contributed by atoms with Gasteiger partial charge in [-0.05, 0) is 58.7 Å². The molecule has 2 nitrogen and oxygen atoms in total. The Morgan fingerprint density at radius 3 is 2.53 bits per heavy atom. The van der Waals surface area contributed by atoms with Crippen molar-refractivity contribution in [2.24, 2.45) is 0 Å². The summed E-state index contributed by atoms with van der Waals surface area (Å²) < 4.78 is 1.09. The molecule has 0 saturated carbocycles. The van der Waals surface area contributed by atoms with Crippen molar-refractivity contribution in [2.75, 3.05) is 17.7 Å². The molecule has 2 rings (SSSR count). The lowest BCUT2D eigenvalue weighted by Gasteiger charge is -2.21. The summed E-state index contributed by atoms with van der Waals surface area (Å²) in [5, 5.41) is 0. The highest BCUT2D eigenvalue weighted by Gasteiger charge is 2.07. The Morgan fingerprint density at radius 2 is 1.88 bits per heavy atom. The fourth-order valence-corrected chi connectivity index (χ4v) is 2.52. The summed E-state index contributed by atoms with van der Waals surface area (Å²) in [7, 11) is 2.03. The number of hydrogen-bond donors (Lipinski definition) is 1. The molecule has 0 aliphatic carbocycles. The number of rotatable bonds is 2. The van der Waals surface area contributed by atoms with Gasteiger partial charge in [0.1, 0.15) is 0 Å². The van der Waals surface area contributed by atoms with Crippen LogP contribution in [0.3, 0.4) is 0 Å². The van der Waals surface area contributed by atoms with Crippen molar-refractivity contribution < 1.29 is 0 Å². The molecule has 3 heteroatoms. The molecule has 17 heavy (non-hydrogen) atoms. The third-order valence-corrected chi connectivity index (χ3v) is 3.36. The first-order chi connectivity index (χ1) is 8.08. The number of nitrogens with zero attached hydrogens (tertiary/aromatic N) is 1. The summed E-state index contributed by atoms with van der Waals surface area (Å²) in [6, 6.07) is 14.2. The number of hydrogen-bond acceptors (Lipinski definition) is 2. The van der Waals surface area contributed by atoms with Crippen LogP contribution in [0.4, 0.5) is 17.1 Å². The molecule has 0 aromatic heterocycles. The highest BCUT2D eigenvalue weighted by Crippen LogP contribution is 2.32. The Kier molecular flexibility index (Phi) is 3.38. The lowest BCUT2D eigenvalue weighted by Crippen LogP contribution is -2.10. The molecule has 0 radical (unpaired) electrons. The molecule has 0 heterocycles. The van der Waals surface area contributed by atoms with Crippen LogP contribution in [-0.2, 0) is 0 Å². The summed E-state index contributed by atoms with van der Waals surface area (Å²) in [5.41, 5.74) is 10.0. The third kappa shape index (κ3) is 2.61. The predicted octanol–water partition coefficient (Wildman–Crippen LogP) is 4.11. The topological polar surface area (TPSA) is 29.3 Å². The minimum atomic E-state index is 0.776. The first kappa shape index (κ1) is 12.0. The molecule has 0 fully saturated rings. The molecule has 0 aliphatic rings. The van der Waals surface area contributed by atoms with Gasteiger partial charge in [0.2, 0.25) is 0 Å². The van der Waals surface area contributed by atoms with Crippen LogP contribution in [0.1, 0.15) is 5.56 Å². The molecule has 88 valence electrons. The second-order valence-electron chi connectivity index (χ2n) is 4.11. The van der Waals surface area contributed by atoms with E-state index in [0.29, 0.717) is 0 Å². The highest BCUT2D eigenvalue weighted by atomic mass is 79.9. The Balaban J connectivity index is 2.40. The van der Waals surface area contributed by atoms with Gasteiger partial charge < -0.3 is 10.6 Å². The van der Waals surface area contributed by atoms with E-state index in [-0.39, 0.29) is 0 Å². The Bertz CT molecular complexity index is 537.